The number of morpholine rings is 1. The fourth-order valence-corrected chi connectivity index (χ4v) is 3.93. The van der Waals surface area contributed by atoms with Crippen molar-refractivity contribution in [2.24, 2.45) is 0 Å². The number of nitriles is 1. The first-order valence-corrected chi connectivity index (χ1v) is 10.1. The second kappa shape index (κ2) is 8.56. The molecule has 0 unspecified atom stereocenters. The van der Waals surface area contributed by atoms with Crippen LogP contribution in [0.1, 0.15) is 22.5 Å². The lowest BCUT2D eigenvalue weighted by Crippen LogP contribution is -2.36. The minimum absolute atomic E-state index is 0.310. The number of ether oxygens (including phenoxy) is 1. The fraction of sp³-hybridized carbons (Fsp3) is 0.240. The van der Waals surface area contributed by atoms with Crippen molar-refractivity contribution in [3.05, 3.63) is 82.9 Å². The van der Waals surface area contributed by atoms with Crippen molar-refractivity contribution >= 4 is 17.3 Å². The zero-order chi connectivity index (χ0) is 21.1. The van der Waals surface area contributed by atoms with Gasteiger partial charge in [-0.2, -0.15) is 5.26 Å². The average Bonchev–Trinajstić information content (AvgIpc) is 3.06. The predicted octanol–water partition coefficient (Wildman–Crippen LogP) is 5.13. The highest BCUT2D eigenvalue weighted by Gasteiger charge is 2.14. The maximum absolute atomic E-state index is 13.2. The molecule has 1 aliphatic rings. The normalized spacial score (nSPS) is 14.6. The number of halogens is 1. The number of hydrogen-bond donors (Lipinski definition) is 0. The molecule has 1 fully saturated rings. The summed E-state index contributed by atoms with van der Waals surface area (Å²) < 4.78 is 20.8. The minimum atomic E-state index is -0.310. The van der Waals surface area contributed by atoms with Crippen molar-refractivity contribution in [1.82, 2.24) is 4.57 Å². The summed E-state index contributed by atoms with van der Waals surface area (Å²) in [5.41, 5.74) is 6.63. The van der Waals surface area contributed by atoms with Crippen LogP contribution in [0.25, 0.3) is 17.3 Å². The van der Waals surface area contributed by atoms with E-state index >= 15 is 0 Å². The van der Waals surface area contributed by atoms with Crippen LogP contribution in [0.4, 0.5) is 10.1 Å². The van der Waals surface area contributed by atoms with E-state index < -0.39 is 0 Å². The summed E-state index contributed by atoms with van der Waals surface area (Å²) in [5.74, 6) is -0.310. The van der Waals surface area contributed by atoms with Gasteiger partial charge in [0.2, 0.25) is 0 Å². The van der Waals surface area contributed by atoms with E-state index in [2.05, 4.69) is 52.8 Å². The zero-order valence-corrected chi connectivity index (χ0v) is 17.2. The standard InChI is InChI=1S/C25H24FN3O/c1-18-15-21(16-22(17-27)20-3-5-23(26)6-4-20)19(2)29(18)25-9-7-24(8-10-25)28-11-13-30-14-12-28/h3-10,15-16H,11-14H2,1-2H3/b22-16-. The third-order valence-corrected chi connectivity index (χ3v) is 5.53. The topological polar surface area (TPSA) is 41.2 Å². The number of aromatic nitrogens is 1. The lowest BCUT2D eigenvalue weighted by atomic mass is 10.0. The number of nitrogens with zero attached hydrogens (tertiary/aromatic N) is 3. The molecule has 0 amide bonds. The summed E-state index contributed by atoms with van der Waals surface area (Å²) >= 11 is 0. The van der Waals surface area contributed by atoms with Crippen LogP contribution >= 0.6 is 0 Å². The van der Waals surface area contributed by atoms with Gasteiger partial charge < -0.3 is 14.2 Å². The number of benzene rings is 2. The number of aryl methyl sites for hydroxylation is 1. The molecule has 4 rings (SSSR count). The van der Waals surface area contributed by atoms with Crippen LogP contribution in [0.3, 0.4) is 0 Å². The molecule has 0 bridgehead atoms. The minimum Gasteiger partial charge on any atom is -0.378 e. The number of allylic oxidation sites excluding steroid dienone is 1. The van der Waals surface area contributed by atoms with Gasteiger partial charge in [0.05, 0.1) is 24.9 Å². The van der Waals surface area contributed by atoms with E-state index in [4.69, 9.17) is 4.74 Å². The van der Waals surface area contributed by atoms with E-state index in [1.165, 1.54) is 17.8 Å². The molecule has 2 aromatic carbocycles. The third kappa shape index (κ3) is 4.00. The predicted molar refractivity (Wildman–Crippen MR) is 118 cm³/mol. The molecule has 0 radical (unpaired) electrons. The van der Waals surface area contributed by atoms with Gasteiger partial charge in [0, 0.05) is 35.9 Å². The SMILES string of the molecule is Cc1cc(/C=C(/C#N)c2ccc(F)cc2)c(C)n1-c1ccc(N2CCOCC2)cc1. The van der Waals surface area contributed by atoms with Crippen molar-refractivity contribution < 1.29 is 9.13 Å². The molecule has 0 aliphatic carbocycles. The summed E-state index contributed by atoms with van der Waals surface area (Å²) in [4.78, 5) is 2.33. The van der Waals surface area contributed by atoms with Gasteiger partial charge >= 0.3 is 0 Å². The smallest absolute Gasteiger partial charge is 0.123 e. The Hall–Kier alpha value is -3.36. The summed E-state index contributed by atoms with van der Waals surface area (Å²) in [6.07, 6.45) is 1.87. The quantitative estimate of drug-likeness (QED) is 0.569. The molecule has 0 atom stereocenters. The van der Waals surface area contributed by atoms with E-state index in [-0.39, 0.29) is 5.82 Å². The molecule has 5 heteroatoms. The van der Waals surface area contributed by atoms with Crippen LogP contribution in [0.2, 0.25) is 0 Å². The van der Waals surface area contributed by atoms with Crippen molar-refractivity contribution in [3.8, 4) is 11.8 Å². The van der Waals surface area contributed by atoms with E-state index in [9.17, 15) is 9.65 Å². The molecule has 152 valence electrons. The Bertz CT molecular complexity index is 1100. The summed E-state index contributed by atoms with van der Waals surface area (Å²) in [5, 5.41) is 9.62. The van der Waals surface area contributed by atoms with Crippen LogP contribution in [0, 0.1) is 31.0 Å². The Morgan fingerprint density at radius 1 is 1.00 bits per heavy atom. The summed E-state index contributed by atoms with van der Waals surface area (Å²) in [7, 11) is 0. The Morgan fingerprint density at radius 2 is 1.63 bits per heavy atom. The summed E-state index contributed by atoms with van der Waals surface area (Å²) in [6.45, 7) is 7.47. The van der Waals surface area contributed by atoms with Gasteiger partial charge in [-0.15, -0.1) is 0 Å². The first-order chi connectivity index (χ1) is 14.6. The number of hydrogen-bond acceptors (Lipinski definition) is 3. The number of rotatable bonds is 4. The first-order valence-electron chi connectivity index (χ1n) is 10.1. The molecule has 1 aliphatic heterocycles. The Balaban J connectivity index is 1.65. The highest BCUT2D eigenvalue weighted by molar-refractivity contribution is 5.90. The van der Waals surface area contributed by atoms with Gasteiger partial charge in [-0.1, -0.05) is 12.1 Å². The lowest BCUT2D eigenvalue weighted by molar-refractivity contribution is 0.122. The average molecular weight is 401 g/mol. The molecular formula is C25H24FN3O. The van der Waals surface area contributed by atoms with Crippen LogP contribution in [0.5, 0.6) is 0 Å². The third-order valence-electron chi connectivity index (χ3n) is 5.53. The molecule has 0 spiro atoms. The maximum atomic E-state index is 13.2. The second-order valence-corrected chi connectivity index (χ2v) is 7.45. The Labute approximate surface area is 176 Å². The second-order valence-electron chi connectivity index (χ2n) is 7.45. The maximum Gasteiger partial charge on any atom is 0.123 e. The van der Waals surface area contributed by atoms with E-state index in [0.29, 0.717) is 11.1 Å². The van der Waals surface area contributed by atoms with Gasteiger partial charge in [0.15, 0.2) is 0 Å². The molecule has 0 N–H and O–H groups in total. The molecule has 30 heavy (non-hydrogen) atoms. The van der Waals surface area contributed by atoms with Crippen LogP contribution in [0.15, 0.2) is 54.6 Å². The van der Waals surface area contributed by atoms with Crippen LogP contribution < -0.4 is 4.90 Å². The molecule has 3 aromatic rings. The molecular weight excluding hydrogens is 377 g/mol. The molecule has 4 nitrogen and oxygen atoms in total. The van der Waals surface area contributed by atoms with E-state index in [1.54, 1.807) is 12.1 Å². The Morgan fingerprint density at radius 3 is 2.27 bits per heavy atom. The fourth-order valence-electron chi connectivity index (χ4n) is 3.93. The molecule has 1 aromatic heterocycles. The molecule has 1 saturated heterocycles. The van der Waals surface area contributed by atoms with Gasteiger partial charge in [-0.25, -0.2) is 4.39 Å². The first kappa shape index (κ1) is 19.9. The lowest BCUT2D eigenvalue weighted by Gasteiger charge is -2.29. The summed E-state index contributed by atoms with van der Waals surface area (Å²) in [6, 6.07) is 18.9. The van der Waals surface area contributed by atoms with Crippen molar-refractivity contribution in [1.29, 1.82) is 5.26 Å². The van der Waals surface area contributed by atoms with Gasteiger partial charge in [-0.05, 0) is 73.5 Å². The zero-order valence-electron chi connectivity index (χ0n) is 17.2. The van der Waals surface area contributed by atoms with Gasteiger partial charge in [0.1, 0.15) is 5.82 Å². The van der Waals surface area contributed by atoms with Crippen molar-refractivity contribution in [3.63, 3.8) is 0 Å². The highest BCUT2D eigenvalue weighted by Crippen LogP contribution is 2.27. The molecule has 2 heterocycles. The molecule has 0 saturated carbocycles. The van der Waals surface area contributed by atoms with Crippen molar-refractivity contribution in [2.75, 3.05) is 31.2 Å². The van der Waals surface area contributed by atoms with E-state index in [1.807, 2.05) is 13.0 Å². The monoisotopic (exact) mass is 401 g/mol. The van der Waals surface area contributed by atoms with Crippen LogP contribution in [-0.2, 0) is 4.74 Å². The van der Waals surface area contributed by atoms with Gasteiger partial charge in [-0.3, -0.25) is 0 Å². The van der Waals surface area contributed by atoms with Crippen LogP contribution in [-0.4, -0.2) is 30.9 Å². The highest BCUT2D eigenvalue weighted by atomic mass is 19.1. The van der Waals surface area contributed by atoms with E-state index in [0.717, 1.165) is 48.9 Å². The Kier molecular flexibility index (Phi) is 5.69. The van der Waals surface area contributed by atoms with Gasteiger partial charge in [0.25, 0.3) is 0 Å². The number of anilines is 1. The van der Waals surface area contributed by atoms with Crippen molar-refractivity contribution in [2.45, 2.75) is 13.8 Å². The largest absolute Gasteiger partial charge is 0.378 e.